The van der Waals surface area contributed by atoms with E-state index in [0.717, 1.165) is 18.4 Å². The Morgan fingerprint density at radius 2 is 2.03 bits per heavy atom. The van der Waals surface area contributed by atoms with Crippen molar-refractivity contribution >= 4 is 17.5 Å². The summed E-state index contributed by atoms with van der Waals surface area (Å²) >= 11 is 0. The standard InChI is InChI=1S/C22H22N4O4/c1-14(27)23-16-8-5-7-15(13-16)22(28)26-12-6-10-18(26)21-24-20(25-30-21)17-9-3-4-11-19(17)29-2/h3-5,7-9,11,13,18H,6,10,12H2,1-2H3,(H,23,27). The van der Waals surface area contributed by atoms with E-state index in [0.29, 0.717) is 35.3 Å². The number of nitrogens with one attached hydrogen (secondary N) is 1. The zero-order valence-electron chi connectivity index (χ0n) is 16.8. The lowest BCUT2D eigenvalue weighted by Gasteiger charge is -2.22. The molecule has 154 valence electrons. The summed E-state index contributed by atoms with van der Waals surface area (Å²) in [6.07, 6.45) is 1.58. The molecule has 8 heteroatoms. The number of carbonyl (C=O) groups excluding carboxylic acids is 2. The van der Waals surface area contributed by atoms with Crippen molar-refractivity contribution in [2.24, 2.45) is 0 Å². The summed E-state index contributed by atoms with van der Waals surface area (Å²) in [4.78, 5) is 30.7. The zero-order chi connectivity index (χ0) is 21.1. The van der Waals surface area contributed by atoms with E-state index in [1.807, 2.05) is 24.3 Å². The second kappa shape index (κ2) is 8.36. The summed E-state index contributed by atoms with van der Waals surface area (Å²) in [5.74, 6) is 1.16. The van der Waals surface area contributed by atoms with Crippen LogP contribution in [-0.2, 0) is 4.79 Å². The Morgan fingerprint density at radius 1 is 1.20 bits per heavy atom. The molecule has 30 heavy (non-hydrogen) atoms. The van der Waals surface area contributed by atoms with E-state index in [1.165, 1.54) is 6.92 Å². The van der Waals surface area contributed by atoms with Gasteiger partial charge in [-0.25, -0.2) is 0 Å². The topological polar surface area (TPSA) is 97.6 Å². The van der Waals surface area contributed by atoms with Gasteiger partial charge in [0, 0.05) is 24.7 Å². The Balaban J connectivity index is 1.58. The number of para-hydroxylation sites is 1. The second-order valence-electron chi connectivity index (χ2n) is 7.08. The Hall–Kier alpha value is -3.68. The van der Waals surface area contributed by atoms with Crippen LogP contribution in [0.3, 0.4) is 0 Å². The van der Waals surface area contributed by atoms with E-state index in [1.54, 1.807) is 36.3 Å². The van der Waals surface area contributed by atoms with Crippen LogP contribution in [0.1, 0.15) is 42.1 Å². The number of hydrogen-bond donors (Lipinski definition) is 1. The zero-order valence-corrected chi connectivity index (χ0v) is 16.8. The van der Waals surface area contributed by atoms with Crippen molar-refractivity contribution in [3.05, 3.63) is 60.0 Å². The quantitative estimate of drug-likeness (QED) is 0.694. The van der Waals surface area contributed by atoms with Gasteiger partial charge in [0.15, 0.2) is 0 Å². The van der Waals surface area contributed by atoms with Crippen molar-refractivity contribution in [2.75, 3.05) is 19.0 Å². The second-order valence-corrected chi connectivity index (χ2v) is 7.08. The highest BCUT2D eigenvalue weighted by Gasteiger charge is 2.35. The number of nitrogens with zero attached hydrogens (tertiary/aromatic N) is 3. The lowest BCUT2D eigenvalue weighted by atomic mass is 10.1. The highest BCUT2D eigenvalue weighted by molar-refractivity contribution is 5.97. The molecule has 1 atom stereocenters. The van der Waals surface area contributed by atoms with E-state index in [4.69, 9.17) is 9.26 Å². The largest absolute Gasteiger partial charge is 0.496 e. The van der Waals surface area contributed by atoms with E-state index in [-0.39, 0.29) is 17.9 Å². The predicted octanol–water partition coefficient (Wildman–Crippen LogP) is 3.68. The number of methoxy groups -OCH3 is 1. The van der Waals surface area contributed by atoms with Crippen LogP contribution in [0.15, 0.2) is 53.1 Å². The first-order valence-corrected chi connectivity index (χ1v) is 9.72. The minimum Gasteiger partial charge on any atom is -0.496 e. The number of amides is 2. The number of hydrogen-bond acceptors (Lipinski definition) is 6. The minimum absolute atomic E-state index is 0.137. The molecule has 2 amide bonds. The van der Waals surface area contributed by atoms with Crippen LogP contribution in [0.5, 0.6) is 5.75 Å². The SMILES string of the molecule is COc1ccccc1-c1noc(C2CCCN2C(=O)c2cccc(NC(C)=O)c2)n1. The molecule has 1 aromatic heterocycles. The van der Waals surface area contributed by atoms with Gasteiger partial charge in [-0.3, -0.25) is 9.59 Å². The molecule has 0 spiro atoms. The Bertz CT molecular complexity index is 1080. The average Bonchev–Trinajstić information content (AvgIpc) is 3.42. The van der Waals surface area contributed by atoms with Crippen LogP contribution >= 0.6 is 0 Å². The fourth-order valence-electron chi connectivity index (χ4n) is 3.67. The molecule has 2 aromatic carbocycles. The first-order valence-electron chi connectivity index (χ1n) is 9.72. The number of rotatable bonds is 5. The van der Waals surface area contributed by atoms with Crippen LogP contribution in [0, 0.1) is 0 Å². The maximum atomic E-state index is 13.1. The summed E-state index contributed by atoms with van der Waals surface area (Å²) in [7, 11) is 1.59. The van der Waals surface area contributed by atoms with Gasteiger partial charge in [0.2, 0.25) is 17.6 Å². The summed E-state index contributed by atoms with van der Waals surface area (Å²) < 4.78 is 10.9. The molecule has 4 rings (SSSR count). The minimum atomic E-state index is -0.294. The maximum Gasteiger partial charge on any atom is 0.254 e. The lowest BCUT2D eigenvalue weighted by molar-refractivity contribution is -0.114. The van der Waals surface area contributed by atoms with Crippen LogP contribution in [-0.4, -0.2) is 40.5 Å². The lowest BCUT2D eigenvalue weighted by Crippen LogP contribution is -2.30. The third-order valence-electron chi connectivity index (χ3n) is 5.02. The number of carbonyl (C=O) groups is 2. The summed E-state index contributed by atoms with van der Waals surface area (Å²) in [5.41, 5.74) is 1.81. The van der Waals surface area contributed by atoms with E-state index < -0.39 is 0 Å². The molecule has 0 saturated carbocycles. The van der Waals surface area contributed by atoms with Gasteiger partial charge in [-0.15, -0.1) is 0 Å². The first kappa shape index (κ1) is 19.6. The van der Waals surface area contributed by atoms with Gasteiger partial charge in [-0.05, 0) is 43.2 Å². The molecule has 0 aliphatic carbocycles. The van der Waals surface area contributed by atoms with Crippen LogP contribution in [0.25, 0.3) is 11.4 Å². The van der Waals surface area contributed by atoms with E-state index in [2.05, 4.69) is 15.5 Å². The van der Waals surface area contributed by atoms with Crippen LogP contribution in [0.4, 0.5) is 5.69 Å². The molecular weight excluding hydrogens is 384 g/mol. The predicted molar refractivity (Wildman–Crippen MR) is 110 cm³/mol. The molecule has 1 fully saturated rings. The smallest absolute Gasteiger partial charge is 0.254 e. The summed E-state index contributed by atoms with van der Waals surface area (Å²) in [6, 6.07) is 14.0. The van der Waals surface area contributed by atoms with E-state index >= 15 is 0 Å². The highest BCUT2D eigenvalue weighted by Crippen LogP contribution is 2.35. The monoisotopic (exact) mass is 406 g/mol. The fourth-order valence-corrected chi connectivity index (χ4v) is 3.67. The number of likely N-dealkylation sites (tertiary alicyclic amines) is 1. The Morgan fingerprint density at radius 3 is 2.83 bits per heavy atom. The number of aromatic nitrogens is 2. The number of ether oxygens (including phenoxy) is 1. The van der Waals surface area contributed by atoms with Crippen molar-refractivity contribution in [1.29, 1.82) is 0 Å². The van der Waals surface area contributed by atoms with Gasteiger partial charge in [0.1, 0.15) is 11.8 Å². The molecule has 8 nitrogen and oxygen atoms in total. The number of anilines is 1. The summed E-state index contributed by atoms with van der Waals surface area (Å²) in [6.45, 7) is 2.03. The van der Waals surface area contributed by atoms with Gasteiger partial charge in [-0.2, -0.15) is 4.98 Å². The highest BCUT2D eigenvalue weighted by atomic mass is 16.5. The van der Waals surface area contributed by atoms with E-state index in [9.17, 15) is 9.59 Å². The molecule has 1 aliphatic heterocycles. The normalized spacial score (nSPS) is 15.8. The third kappa shape index (κ3) is 3.89. The Labute approximate surface area is 173 Å². The fraction of sp³-hybridized carbons (Fsp3) is 0.273. The molecule has 1 unspecified atom stereocenters. The van der Waals surface area contributed by atoms with Gasteiger partial charge in [0.25, 0.3) is 5.91 Å². The van der Waals surface area contributed by atoms with Crippen molar-refractivity contribution in [1.82, 2.24) is 15.0 Å². The van der Waals surface area contributed by atoms with Crippen LogP contribution in [0.2, 0.25) is 0 Å². The molecule has 3 aromatic rings. The van der Waals surface area contributed by atoms with Crippen molar-refractivity contribution in [2.45, 2.75) is 25.8 Å². The molecule has 1 aliphatic rings. The van der Waals surface area contributed by atoms with Crippen molar-refractivity contribution in [3.63, 3.8) is 0 Å². The van der Waals surface area contributed by atoms with Gasteiger partial charge in [0.05, 0.1) is 12.7 Å². The van der Waals surface area contributed by atoms with Gasteiger partial charge < -0.3 is 19.5 Å². The molecule has 0 bridgehead atoms. The average molecular weight is 406 g/mol. The number of benzene rings is 2. The third-order valence-corrected chi connectivity index (χ3v) is 5.02. The molecular formula is C22H22N4O4. The molecule has 2 heterocycles. The van der Waals surface area contributed by atoms with Crippen LogP contribution < -0.4 is 10.1 Å². The molecule has 0 radical (unpaired) electrons. The van der Waals surface area contributed by atoms with Crippen molar-refractivity contribution in [3.8, 4) is 17.1 Å². The van der Waals surface area contributed by atoms with Gasteiger partial charge in [-0.1, -0.05) is 23.4 Å². The first-order chi connectivity index (χ1) is 14.6. The molecule has 1 saturated heterocycles. The summed E-state index contributed by atoms with van der Waals surface area (Å²) in [5, 5.41) is 6.80. The Kier molecular flexibility index (Phi) is 5.47. The van der Waals surface area contributed by atoms with Crippen molar-refractivity contribution < 1.29 is 18.8 Å². The van der Waals surface area contributed by atoms with Gasteiger partial charge >= 0.3 is 0 Å². The molecule has 1 N–H and O–H groups in total. The maximum absolute atomic E-state index is 13.1.